The molecule has 1 aromatic rings. The van der Waals surface area contributed by atoms with Gasteiger partial charge in [0.2, 0.25) is 0 Å². The Hall–Kier alpha value is -0.980. The van der Waals surface area contributed by atoms with Gasteiger partial charge in [0.05, 0.1) is 11.1 Å². The van der Waals surface area contributed by atoms with Crippen molar-refractivity contribution in [1.82, 2.24) is 10.2 Å². The Morgan fingerprint density at radius 3 is 1.83 bits per heavy atom. The fourth-order valence-corrected chi connectivity index (χ4v) is 3.16. The lowest BCUT2D eigenvalue weighted by molar-refractivity contribution is -0.144. The number of hydrogen-bond donors (Lipinski definition) is 1. The third-order valence-electron chi connectivity index (χ3n) is 4.39. The number of alkyl halides is 9. The quantitative estimate of drug-likeness (QED) is 0.512. The summed E-state index contributed by atoms with van der Waals surface area (Å²) in [6.07, 6.45) is -17.7. The van der Waals surface area contributed by atoms with E-state index in [2.05, 4.69) is 5.32 Å². The van der Waals surface area contributed by atoms with Gasteiger partial charge in [0.1, 0.15) is 5.82 Å². The average Bonchev–Trinajstić information content (AvgIpc) is 2.54. The molecule has 1 aromatic carbocycles. The Morgan fingerprint density at radius 2 is 1.40 bits per heavy atom. The predicted octanol–water partition coefficient (Wildman–Crippen LogP) is 6.00. The van der Waals surface area contributed by atoms with Crippen molar-refractivity contribution in [3.8, 4) is 0 Å². The van der Waals surface area contributed by atoms with Crippen LogP contribution in [-0.4, -0.2) is 37.3 Å². The smallest absolute Gasteiger partial charge is 0.314 e. The highest BCUT2D eigenvalue weighted by Crippen LogP contribution is 2.43. The summed E-state index contributed by atoms with van der Waals surface area (Å²) in [5, 5.41) is 2.85. The third kappa shape index (κ3) is 7.61. The van der Waals surface area contributed by atoms with Crippen molar-refractivity contribution >= 4 is 24.8 Å². The van der Waals surface area contributed by atoms with Crippen molar-refractivity contribution in [2.75, 3.05) is 26.2 Å². The molecule has 0 aromatic heterocycles. The molecule has 1 heterocycles. The number of hydrogen-bond acceptors (Lipinski definition) is 2. The van der Waals surface area contributed by atoms with Gasteiger partial charge in [-0.2, -0.15) is 39.5 Å². The molecule has 1 saturated heterocycles. The summed E-state index contributed by atoms with van der Waals surface area (Å²) in [7, 11) is 0. The van der Waals surface area contributed by atoms with Gasteiger partial charge in [0, 0.05) is 44.2 Å². The number of halogens is 12. The maximum Gasteiger partial charge on any atom is 0.416 e. The molecule has 0 bridgehead atoms. The summed E-state index contributed by atoms with van der Waals surface area (Å²) in [5.74, 6) is -1.83. The predicted molar refractivity (Wildman–Crippen MR) is 93.4 cm³/mol. The van der Waals surface area contributed by atoms with Crippen LogP contribution in [0.25, 0.3) is 0 Å². The molecule has 30 heavy (non-hydrogen) atoms. The Labute approximate surface area is 177 Å². The molecule has 0 aliphatic carbocycles. The highest BCUT2D eigenvalue weighted by molar-refractivity contribution is 5.85. The van der Waals surface area contributed by atoms with Gasteiger partial charge in [-0.3, -0.25) is 4.90 Å². The number of piperazine rings is 1. The van der Waals surface area contributed by atoms with E-state index >= 15 is 0 Å². The maximum absolute atomic E-state index is 14.5. The van der Waals surface area contributed by atoms with Crippen LogP contribution in [0.3, 0.4) is 0 Å². The van der Waals surface area contributed by atoms with Crippen molar-refractivity contribution in [1.29, 1.82) is 0 Å². The minimum Gasteiger partial charge on any atom is -0.314 e. The molecule has 2 rings (SSSR count). The minimum atomic E-state index is -5.37. The van der Waals surface area contributed by atoms with Gasteiger partial charge in [0.25, 0.3) is 0 Å². The second kappa shape index (κ2) is 10.6. The number of nitrogens with one attached hydrogen (secondary N) is 1. The summed E-state index contributed by atoms with van der Waals surface area (Å²) < 4.78 is 131. The summed E-state index contributed by atoms with van der Waals surface area (Å²) in [6.45, 7) is 0.540. The lowest BCUT2D eigenvalue weighted by Crippen LogP contribution is -2.46. The van der Waals surface area contributed by atoms with Gasteiger partial charge in [-0.15, -0.1) is 24.8 Å². The van der Waals surface area contributed by atoms with Crippen LogP contribution >= 0.6 is 24.8 Å². The van der Waals surface area contributed by atoms with E-state index < -0.39 is 59.9 Å². The molecule has 176 valence electrons. The first-order valence-corrected chi connectivity index (χ1v) is 8.19. The van der Waals surface area contributed by atoms with Crippen LogP contribution in [0.5, 0.6) is 0 Å². The van der Waals surface area contributed by atoms with Gasteiger partial charge < -0.3 is 5.32 Å². The number of benzene rings is 1. The van der Waals surface area contributed by atoms with E-state index in [1.54, 1.807) is 0 Å². The monoisotopic (exact) mass is 498 g/mol. The fourth-order valence-electron chi connectivity index (χ4n) is 3.16. The molecule has 1 fully saturated rings. The van der Waals surface area contributed by atoms with Gasteiger partial charge in [-0.05, 0) is 18.6 Å². The normalized spacial score (nSPS) is 17.1. The number of nitrogens with zero attached hydrogens (tertiary/aromatic N) is 1. The summed E-state index contributed by atoms with van der Waals surface area (Å²) in [6, 6.07) is -2.02. The molecule has 0 amide bonds. The van der Waals surface area contributed by atoms with Gasteiger partial charge in [-0.25, -0.2) is 4.39 Å². The molecular weight excluding hydrogens is 481 g/mol. The highest BCUT2D eigenvalue weighted by Gasteiger charge is 2.43. The van der Waals surface area contributed by atoms with Crippen molar-refractivity contribution in [3.63, 3.8) is 0 Å². The van der Waals surface area contributed by atoms with Crippen LogP contribution in [-0.2, 0) is 12.4 Å². The van der Waals surface area contributed by atoms with Crippen LogP contribution in [0.1, 0.15) is 35.6 Å². The molecule has 0 radical (unpaired) electrons. The zero-order valence-corrected chi connectivity index (χ0v) is 16.7. The van der Waals surface area contributed by atoms with Crippen LogP contribution < -0.4 is 5.32 Å². The highest BCUT2D eigenvalue weighted by atomic mass is 35.5. The molecule has 2 nitrogen and oxygen atoms in total. The first kappa shape index (κ1) is 29.0. The third-order valence-corrected chi connectivity index (χ3v) is 4.39. The molecule has 0 spiro atoms. The second-order valence-corrected chi connectivity index (χ2v) is 6.37. The van der Waals surface area contributed by atoms with Crippen molar-refractivity contribution in [2.45, 2.75) is 37.4 Å². The molecule has 14 heteroatoms. The molecule has 1 N–H and O–H groups in total. The molecule has 1 aliphatic rings. The SMILES string of the molecule is Cl.Cl.Fc1cc(C(F)(F)F)cc(C(F)(F)F)c1[C@@H](CCC(F)(F)F)N1CCNCC1. The lowest BCUT2D eigenvalue weighted by Gasteiger charge is -2.37. The Kier molecular flexibility index (Phi) is 10.2. The Morgan fingerprint density at radius 1 is 0.867 bits per heavy atom. The Balaban J connectivity index is 0.00000420. The maximum atomic E-state index is 14.5. The fraction of sp³-hybridized carbons (Fsp3) is 0.625. The number of rotatable bonds is 4. The van der Waals surface area contributed by atoms with Crippen molar-refractivity contribution < 1.29 is 43.9 Å². The van der Waals surface area contributed by atoms with Gasteiger partial charge in [0.15, 0.2) is 0 Å². The topological polar surface area (TPSA) is 15.3 Å². The van der Waals surface area contributed by atoms with Crippen LogP contribution in [0.2, 0.25) is 0 Å². The van der Waals surface area contributed by atoms with E-state index in [4.69, 9.17) is 0 Å². The van der Waals surface area contributed by atoms with E-state index in [9.17, 15) is 43.9 Å². The van der Waals surface area contributed by atoms with Crippen molar-refractivity contribution in [3.05, 3.63) is 34.6 Å². The van der Waals surface area contributed by atoms with E-state index in [1.807, 2.05) is 0 Å². The molecule has 0 saturated carbocycles. The van der Waals surface area contributed by atoms with E-state index in [0.717, 1.165) is 0 Å². The largest absolute Gasteiger partial charge is 0.416 e. The van der Waals surface area contributed by atoms with E-state index in [1.165, 1.54) is 4.90 Å². The first-order chi connectivity index (χ1) is 12.7. The zero-order valence-electron chi connectivity index (χ0n) is 15.0. The second-order valence-electron chi connectivity index (χ2n) is 6.37. The summed E-state index contributed by atoms with van der Waals surface area (Å²) in [5.41, 5.74) is -4.95. The lowest BCUT2D eigenvalue weighted by atomic mass is 9.92. The molecule has 1 atom stereocenters. The summed E-state index contributed by atoms with van der Waals surface area (Å²) in [4.78, 5) is 1.23. The molecule has 1 aliphatic heterocycles. The van der Waals surface area contributed by atoms with Crippen LogP contribution in [0, 0.1) is 5.82 Å². The Bertz CT molecular complexity index is 682. The van der Waals surface area contributed by atoms with Gasteiger partial charge >= 0.3 is 18.5 Å². The van der Waals surface area contributed by atoms with Crippen LogP contribution in [0.4, 0.5) is 43.9 Å². The standard InChI is InChI=1S/C16H16F10N2.2ClH/c17-11-8-9(15(21,22)23)7-10(16(24,25)26)13(11)12(1-2-14(18,19)20)28-5-3-27-4-6-28;;/h7-8,12,27H,1-6H2;2*1H/t12-;;/m1../s1. The van der Waals surface area contributed by atoms with Gasteiger partial charge in [-0.1, -0.05) is 0 Å². The zero-order chi connectivity index (χ0) is 21.3. The molecular formula is C16H18Cl2F10N2. The minimum absolute atomic E-state index is 0. The van der Waals surface area contributed by atoms with Crippen LogP contribution in [0.15, 0.2) is 12.1 Å². The first-order valence-electron chi connectivity index (χ1n) is 8.19. The molecule has 0 unspecified atom stereocenters. The van der Waals surface area contributed by atoms with E-state index in [-0.39, 0.29) is 63.1 Å². The average molecular weight is 499 g/mol. The van der Waals surface area contributed by atoms with Crippen molar-refractivity contribution in [2.24, 2.45) is 0 Å². The summed E-state index contributed by atoms with van der Waals surface area (Å²) >= 11 is 0. The van der Waals surface area contributed by atoms with E-state index in [0.29, 0.717) is 0 Å².